The standard InChI is InChI=1S/C16H24ClN3O/c1-19(2)7-8-20-12-13(11-18-6-9-21-3)15-5-4-14(17)10-16(15)20/h4-5,10,12,18H,6-9,11H2,1-3H3. The number of ether oxygens (including phenoxy) is 1. The van der Waals surface area contributed by atoms with Crippen molar-refractivity contribution >= 4 is 22.5 Å². The summed E-state index contributed by atoms with van der Waals surface area (Å²) in [5.74, 6) is 0. The van der Waals surface area contributed by atoms with Crippen molar-refractivity contribution in [2.75, 3.05) is 40.9 Å². The fraction of sp³-hybridized carbons (Fsp3) is 0.500. The van der Waals surface area contributed by atoms with Crippen LogP contribution < -0.4 is 5.32 Å². The van der Waals surface area contributed by atoms with Gasteiger partial charge >= 0.3 is 0 Å². The maximum absolute atomic E-state index is 6.15. The molecule has 0 aliphatic rings. The SMILES string of the molecule is COCCNCc1cn(CCN(C)C)c2cc(Cl)ccc12. The molecule has 2 rings (SSSR count). The van der Waals surface area contributed by atoms with Gasteiger partial charge in [0.15, 0.2) is 0 Å². The Hall–Kier alpha value is -1.07. The fourth-order valence-electron chi connectivity index (χ4n) is 2.37. The number of rotatable bonds is 8. The van der Waals surface area contributed by atoms with Gasteiger partial charge in [-0.3, -0.25) is 0 Å². The van der Waals surface area contributed by atoms with Gasteiger partial charge in [-0.1, -0.05) is 17.7 Å². The summed E-state index contributed by atoms with van der Waals surface area (Å²) in [4.78, 5) is 2.19. The smallest absolute Gasteiger partial charge is 0.0587 e. The van der Waals surface area contributed by atoms with E-state index in [-0.39, 0.29) is 0 Å². The summed E-state index contributed by atoms with van der Waals surface area (Å²) in [6.07, 6.45) is 2.23. The molecule has 0 aliphatic carbocycles. The van der Waals surface area contributed by atoms with Gasteiger partial charge in [-0.15, -0.1) is 0 Å². The third kappa shape index (κ3) is 4.45. The van der Waals surface area contributed by atoms with E-state index in [1.165, 1.54) is 16.5 Å². The first-order chi connectivity index (χ1) is 10.1. The van der Waals surface area contributed by atoms with Crippen LogP contribution in [-0.4, -0.2) is 50.4 Å². The second kappa shape index (κ2) is 7.80. The Bertz CT molecular complexity index is 580. The molecule has 0 saturated heterocycles. The van der Waals surface area contributed by atoms with Gasteiger partial charge in [-0.05, 0) is 31.8 Å². The van der Waals surface area contributed by atoms with Gasteiger partial charge in [0.2, 0.25) is 0 Å². The van der Waals surface area contributed by atoms with Crippen molar-refractivity contribution in [1.29, 1.82) is 0 Å². The maximum Gasteiger partial charge on any atom is 0.0587 e. The minimum atomic E-state index is 0.727. The lowest BCUT2D eigenvalue weighted by Crippen LogP contribution is -2.19. The largest absolute Gasteiger partial charge is 0.383 e. The number of hydrogen-bond acceptors (Lipinski definition) is 3. The molecule has 0 bridgehead atoms. The minimum Gasteiger partial charge on any atom is -0.383 e. The van der Waals surface area contributed by atoms with Crippen LogP contribution in [0.4, 0.5) is 0 Å². The molecular formula is C16H24ClN3O. The van der Waals surface area contributed by atoms with Crippen molar-refractivity contribution in [3.05, 3.63) is 35.0 Å². The van der Waals surface area contributed by atoms with Crippen molar-refractivity contribution < 1.29 is 4.74 Å². The van der Waals surface area contributed by atoms with Crippen LogP contribution in [0.1, 0.15) is 5.56 Å². The molecule has 0 fully saturated rings. The Morgan fingerprint density at radius 1 is 1.33 bits per heavy atom. The maximum atomic E-state index is 6.15. The van der Waals surface area contributed by atoms with Crippen molar-refractivity contribution in [2.45, 2.75) is 13.1 Å². The molecule has 5 heteroatoms. The van der Waals surface area contributed by atoms with Gasteiger partial charge in [0.25, 0.3) is 0 Å². The van der Waals surface area contributed by atoms with E-state index in [0.717, 1.165) is 37.8 Å². The van der Waals surface area contributed by atoms with E-state index < -0.39 is 0 Å². The van der Waals surface area contributed by atoms with Crippen LogP contribution in [-0.2, 0) is 17.8 Å². The Labute approximate surface area is 131 Å². The van der Waals surface area contributed by atoms with E-state index in [4.69, 9.17) is 16.3 Å². The quantitative estimate of drug-likeness (QED) is 0.760. The Balaban J connectivity index is 2.20. The molecule has 2 aromatic rings. The van der Waals surface area contributed by atoms with E-state index in [1.807, 2.05) is 12.1 Å². The summed E-state index contributed by atoms with van der Waals surface area (Å²) in [7, 11) is 5.90. The molecule has 0 aliphatic heterocycles. The topological polar surface area (TPSA) is 29.4 Å². The van der Waals surface area contributed by atoms with Gasteiger partial charge in [0.1, 0.15) is 0 Å². The highest BCUT2D eigenvalue weighted by Gasteiger charge is 2.09. The van der Waals surface area contributed by atoms with Crippen molar-refractivity contribution in [3.8, 4) is 0 Å². The molecule has 4 nitrogen and oxygen atoms in total. The Morgan fingerprint density at radius 3 is 2.86 bits per heavy atom. The predicted octanol–water partition coefficient (Wildman–Crippen LogP) is 2.59. The minimum absolute atomic E-state index is 0.727. The van der Waals surface area contributed by atoms with Crippen LogP contribution in [0.5, 0.6) is 0 Å². The van der Waals surface area contributed by atoms with E-state index in [2.05, 4.69) is 41.1 Å². The second-order valence-corrected chi connectivity index (χ2v) is 5.92. The van der Waals surface area contributed by atoms with Gasteiger partial charge in [0.05, 0.1) is 6.61 Å². The van der Waals surface area contributed by atoms with Crippen LogP contribution in [0, 0.1) is 0 Å². The van der Waals surface area contributed by atoms with Gasteiger partial charge in [0, 0.05) is 55.4 Å². The first-order valence-corrected chi connectivity index (χ1v) is 7.61. The number of aromatic nitrogens is 1. The lowest BCUT2D eigenvalue weighted by molar-refractivity contribution is 0.199. The summed E-state index contributed by atoms with van der Waals surface area (Å²) < 4.78 is 7.35. The molecule has 1 N–H and O–H groups in total. The van der Waals surface area contributed by atoms with E-state index in [1.54, 1.807) is 7.11 Å². The number of nitrogens with one attached hydrogen (secondary N) is 1. The number of likely N-dealkylation sites (N-methyl/N-ethyl adjacent to an activating group) is 1. The molecule has 0 unspecified atom stereocenters. The number of hydrogen-bond donors (Lipinski definition) is 1. The summed E-state index contributed by atoms with van der Waals surface area (Å²) in [5.41, 5.74) is 2.50. The van der Waals surface area contributed by atoms with Crippen LogP contribution in [0.15, 0.2) is 24.4 Å². The molecule has 0 atom stereocenters. The van der Waals surface area contributed by atoms with Crippen LogP contribution >= 0.6 is 11.6 Å². The molecule has 116 valence electrons. The molecule has 1 aromatic heterocycles. The molecule has 1 aromatic carbocycles. The number of fused-ring (bicyclic) bond motifs is 1. The zero-order valence-electron chi connectivity index (χ0n) is 13.0. The first kappa shape index (κ1) is 16.3. The van der Waals surface area contributed by atoms with E-state index >= 15 is 0 Å². The predicted molar refractivity (Wildman–Crippen MR) is 89.1 cm³/mol. The average Bonchev–Trinajstić information content (AvgIpc) is 2.79. The lowest BCUT2D eigenvalue weighted by Gasteiger charge is -2.11. The summed E-state index contributed by atoms with van der Waals surface area (Å²) >= 11 is 6.15. The molecule has 1 heterocycles. The van der Waals surface area contributed by atoms with Gasteiger partial charge < -0.3 is 19.5 Å². The van der Waals surface area contributed by atoms with E-state index in [0.29, 0.717) is 0 Å². The Kier molecular flexibility index (Phi) is 6.06. The molecule has 0 amide bonds. The van der Waals surface area contributed by atoms with E-state index in [9.17, 15) is 0 Å². The lowest BCUT2D eigenvalue weighted by atomic mass is 10.2. The molecule has 21 heavy (non-hydrogen) atoms. The van der Waals surface area contributed by atoms with Crippen molar-refractivity contribution in [3.63, 3.8) is 0 Å². The normalized spacial score (nSPS) is 11.7. The molecular weight excluding hydrogens is 286 g/mol. The molecule has 0 saturated carbocycles. The Morgan fingerprint density at radius 2 is 2.14 bits per heavy atom. The van der Waals surface area contributed by atoms with Crippen LogP contribution in [0.25, 0.3) is 10.9 Å². The van der Waals surface area contributed by atoms with Crippen molar-refractivity contribution in [1.82, 2.24) is 14.8 Å². The van der Waals surface area contributed by atoms with Gasteiger partial charge in [-0.25, -0.2) is 0 Å². The summed E-state index contributed by atoms with van der Waals surface area (Å²) in [6, 6.07) is 6.11. The first-order valence-electron chi connectivity index (χ1n) is 7.23. The monoisotopic (exact) mass is 309 g/mol. The fourth-order valence-corrected chi connectivity index (χ4v) is 2.54. The molecule has 0 spiro atoms. The average molecular weight is 310 g/mol. The summed E-state index contributed by atoms with van der Waals surface area (Å²) in [6.45, 7) is 4.39. The van der Waals surface area contributed by atoms with Crippen LogP contribution in [0.2, 0.25) is 5.02 Å². The summed E-state index contributed by atoms with van der Waals surface area (Å²) in [5, 5.41) is 5.46. The zero-order valence-corrected chi connectivity index (χ0v) is 13.8. The third-order valence-corrected chi connectivity index (χ3v) is 3.75. The van der Waals surface area contributed by atoms with Gasteiger partial charge in [-0.2, -0.15) is 0 Å². The highest BCUT2D eigenvalue weighted by molar-refractivity contribution is 6.31. The third-order valence-electron chi connectivity index (χ3n) is 3.51. The highest BCUT2D eigenvalue weighted by Crippen LogP contribution is 2.25. The zero-order chi connectivity index (χ0) is 15.2. The van der Waals surface area contributed by atoms with Crippen molar-refractivity contribution in [2.24, 2.45) is 0 Å². The van der Waals surface area contributed by atoms with Crippen LogP contribution in [0.3, 0.4) is 0 Å². The number of methoxy groups -OCH3 is 1. The number of halogens is 1. The molecule has 0 radical (unpaired) electrons. The number of benzene rings is 1. The number of nitrogens with zero attached hydrogens (tertiary/aromatic N) is 2. The second-order valence-electron chi connectivity index (χ2n) is 5.48. The highest BCUT2D eigenvalue weighted by atomic mass is 35.5.